The fourth-order valence-electron chi connectivity index (χ4n) is 7.13. The second-order valence-corrected chi connectivity index (χ2v) is 18.6. The van der Waals surface area contributed by atoms with E-state index in [1.54, 1.807) is 17.8 Å². The number of nitrogens with one attached hydrogen (secondary N) is 4. The predicted octanol–water partition coefficient (Wildman–Crippen LogP) is 6.71. The number of anilines is 3. The minimum atomic E-state index is -4.65. The molecule has 0 aromatic heterocycles. The van der Waals surface area contributed by atoms with Gasteiger partial charge in [0.25, 0.3) is 27.5 Å². The second kappa shape index (κ2) is 22.1. The lowest BCUT2D eigenvalue weighted by Crippen LogP contribution is -2.46. The highest BCUT2D eigenvalue weighted by molar-refractivity contribution is 7.99. The van der Waals surface area contributed by atoms with Crippen LogP contribution >= 0.6 is 23.4 Å². The van der Waals surface area contributed by atoms with Gasteiger partial charge >= 0.3 is 0 Å². The van der Waals surface area contributed by atoms with Gasteiger partial charge in [-0.1, -0.05) is 66.2 Å². The Bertz CT molecular complexity index is 2560. The van der Waals surface area contributed by atoms with Crippen LogP contribution in [0, 0.1) is 10.1 Å². The molecule has 1 aliphatic rings. The van der Waals surface area contributed by atoms with Gasteiger partial charge in [0.15, 0.2) is 0 Å². The average Bonchev–Trinajstić information content (AvgIpc) is 3.28. The standard InChI is InChI=1S/C45H49ClN8O8S2/c1-51(2)21-20-35(30-63-36-9-4-3-5-10-36)47-39-18-17-37(27-42(39)54(59)60)64(61,62)50-45(57)32-14-19-41(40(26-32)48-43(55)28-44(56)49-58)53-24-22-52(23-25-53)29-33-8-6-7-11-38(33)31-12-15-34(46)16-13-31/h3-19,26-27,35,47,58H,20-25,28-30H2,1-2H3,(H,48,55)(H,49,56)(H,50,57)/t35-/m1/s1. The van der Waals surface area contributed by atoms with Gasteiger partial charge in [0.1, 0.15) is 12.1 Å². The first-order valence-corrected chi connectivity index (χ1v) is 23.2. The van der Waals surface area contributed by atoms with Crippen molar-refractivity contribution in [2.24, 2.45) is 0 Å². The van der Waals surface area contributed by atoms with Gasteiger partial charge in [0.05, 0.1) is 21.2 Å². The summed E-state index contributed by atoms with van der Waals surface area (Å²) in [6.45, 7) is 3.69. The number of nitro benzene ring substituents is 1. The molecule has 1 aliphatic heterocycles. The van der Waals surface area contributed by atoms with Crippen molar-refractivity contribution in [3.8, 4) is 11.1 Å². The number of nitro groups is 1. The van der Waals surface area contributed by atoms with Gasteiger partial charge in [0, 0.05) is 66.1 Å². The Morgan fingerprint density at radius 2 is 1.58 bits per heavy atom. The van der Waals surface area contributed by atoms with E-state index in [1.807, 2.05) is 95.3 Å². The molecule has 1 saturated heterocycles. The zero-order valence-electron chi connectivity index (χ0n) is 35.2. The average molecular weight is 930 g/mol. The van der Waals surface area contributed by atoms with Crippen molar-refractivity contribution in [2.75, 3.05) is 68.1 Å². The largest absolute Gasteiger partial charge is 0.376 e. The summed E-state index contributed by atoms with van der Waals surface area (Å²) in [7, 11) is -0.796. The minimum absolute atomic E-state index is 0.127. The number of amides is 3. The second-order valence-electron chi connectivity index (χ2n) is 15.3. The summed E-state index contributed by atoms with van der Waals surface area (Å²) in [5, 5.41) is 27.8. The van der Waals surface area contributed by atoms with Gasteiger partial charge in [-0.3, -0.25) is 34.6 Å². The van der Waals surface area contributed by atoms with E-state index in [0.29, 0.717) is 62.2 Å². The van der Waals surface area contributed by atoms with E-state index in [4.69, 9.17) is 16.8 Å². The summed E-state index contributed by atoms with van der Waals surface area (Å²) in [5.41, 5.74) is 4.83. The Balaban J connectivity index is 1.17. The molecule has 3 amide bonds. The van der Waals surface area contributed by atoms with Crippen LogP contribution in [0.25, 0.3) is 11.1 Å². The fraction of sp³-hybridized carbons (Fsp3) is 0.267. The molecule has 5 N–H and O–H groups in total. The van der Waals surface area contributed by atoms with Crippen molar-refractivity contribution in [1.82, 2.24) is 20.0 Å². The lowest BCUT2D eigenvalue weighted by atomic mass is 9.99. The number of nitrogens with zero attached hydrogens (tertiary/aromatic N) is 4. The number of carbonyl (C=O) groups is 3. The zero-order valence-corrected chi connectivity index (χ0v) is 37.6. The molecule has 5 aromatic rings. The first-order valence-electron chi connectivity index (χ1n) is 20.3. The minimum Gasteiger partial charge on any atom is -0.376 e. The molecule has 1 fully saturated rings. The van der Waals surface area contributed by atoms with Crippen molar-refractivity contribution < 1.29 is 32.9 Å². The van der Waals surface area contributed by atoms with Crippen LogP contribution in [0.15, 0.2) is 125 Å². The van der Waals surface area contributed by atoms with Gasteiger partial charge < -0.3 is 20.4 Å². The van der Waals surface area contributed by atoms with E-state index < -0.39 is 49.7 Å². The van der Waals surface area contributed by atoms with E-state index >= 15 is 0 Å². The third-order valence-corrected chi connectivity index (χ3v) is 13.2. The fourth-order valence-corrected chi connectivity index (χ4v) is 9.24. The summed E-state index contributed by atoms with van der Waals surface area (Å²) in [5.74, 6) is -2.24. The number of benzene rings is 5. The number of piperazine rings is 1. The maximum Gasteiger partial charge on any atom is 0.293 e. The van der Waals surface area contributed by atoms with E-state index in [9.17, 15) is 32.9 Å². The number of carbonyl (C=O) groups excluding carboxylic acids is 3. The first-order chi connectivity index (χ1) is 30.7. The van der Waals surface area contributed by atoms with E-state index in [1.165, 1.54) is 29.7 Å². The first kappa shape index (κ1) is 47.5. The normalized spacial score (nSPS) is 13.5. The Morgan fingerprint density at radius 1 is 0.875 bits per heavy atom. The van der Waals surface area contributed by atoms with Crippen molar-refractivity contribution in [1.29, 1.82) is 0 Å². The summed E-state index contributed by atoms with van der Waals surface area (Å²) in [6.07, 6.45) is -0.0829. The zero-order chi connectivity index (χ0) is 45.8. The van der Waals surface area contributed by atoms with Crippen LogP contribution < -0.4 is 25.7 Å². The molecule has 0 radical (unpaired) electrons. The molecule has 0 aliphatic carbocycles. The van der Waals surface area contributed by atoms with E-state index in [0.717, 1.165) is 27.7 Å². The molecule has 0 unspecified atom stereocenters. The molecule has 6 rings (SSSR count). The number of rotatable bonds is 19. The van der Waals surface area contributed by atoms with Crippen LogP contribution in [0.2, 0.25) is 5.02 Å². The molecule has 5 aromatic carbocycles. The molecule has 1 heterocycles. The lowest BCUT2D eigenvalue weighted by Gasteiger charge is -2.37. The highest BCUT2D eigenvalue weighted by Gasteiger charge is 2.27. The smallest absolute Gasteiger partial charge is 0.293 e. The predicted molar refractivity (Wildman–Crippen MR) is 249 cm³/mol. The third kappa shape index (κ3) is 13.0. The Labute approximate surface area is 381 Å². The van der Waals surface area contributed by atoms with Crippen LogP contribution in [-0.2, 0) is 26.2 Å². The van der Waals surface area contributed by atoms with Crippen molar-refractivity contribution in [3.63, 3.8) is 0 Å². The van der Waals surface area contributed by atoms with Crippen LogP contribution in [0.4, 0.5) is 22.7 Å². The summed E-state index contributed by atoms with van der Waals surface area (Å²) < 4.78 is 29.3. The maximum atomic E-state index is 13.6. The number of halogens is 1. The van der Waals surface area contributed by atoms with Crippen LogP contribution in [0.3, 0.4) is 0 Å². The Hall–Kier alpha value is -6.02. The van der Waals surface area contributed by atoms with E-state index in [-0.39, 0.29) is 23.0 Å². The molecule has 1 atom stereocenters. The Morgan fingerprint density at radius 3 is 2.27 bits per heavy atom. The van der Waals surface area contributed by atoms with E-state index in [2.05, 4.69) is 27.7 Å². The third-order valence-electron chi connectivity index (χ3n) is 10.4. The topological polar surface area (TPSA) is 207 Å². The lowest BCUT2D eigenvalue weighted by molar-refractivity contribution is -0.384. The van der Waals surface area contributed by atoms with Crippen LogP contribution in [0.5, 0.6) is 0 Å². The number of hydroxylamine groups is 1. The molecular formula is C45H49ClN8O8S2. The SMILES string of the molecule is CN(C)CC[C@H](CSc1ccccc1)Nc1ccc(S(=O)(=O)NC(=O)c2ccc(N3CCN(Cc4ccccc4-c4ccc(Cl)cc4)CC3)c(NC(=O)CC(=O)NO)c2)cc1[N+](=O)[O-]. The molecule has 0 spiro atoms. The van der Waals surface area contributed by atoms with Gasteiger partial charge in [-0.05, 0) is 98.3 Å². The van der Waals surface area contributed by atoms with Gasteiger partial charge in [-0.15, -0.1) is 11.8 Å². The number of sulfonamides is 1. The highest BCUT2D eigenvalue weighted by atomic mass is 35.5. The van der Waals surface area contributed by atoms with Crippen molar-refractivity contribution in [2.45, 2.75) is 35.2 Å². The molecule has 336 valence electrons. The molecule has 16 nitrogen and oxygen atoms in total. The van der Waals surface area contributed by atoms with Gasteiger partial charge in [0.2, 0.25) is 5.91 Å². The molecule has 0 saturated carbocycles. The molecule has 19 heteroatoms. The molecular weight excluding hydrogens is 880 g/mol. The maximum absolute atomic E-state index is 13.6. The van der Waals surface area contributed by atoms with Crippen molar-refractivity contribution >= 4 is 73.9 Å². The number of hydrogen-bond acceptors (Lipinski definition) is 13. The number of hydrogen-bond donors (Lipinski definition) is 5. The molecule has 0 bridgehead atoms. The van der Waals surface area contributed by atoms with Crippen LogP contribution in [0.1, 0.15) is 28.8 Å². The van der Waals surface area contributed by atoms with Gasteiger partial charge in [-0.25, -0.2) is 18.6 Å². The Kier molecular flexibility index (Phi) is 16.4. The summed E-state index contributed by atoms with van der Waals surface area (Å²) in [4.78, 5) is 56.8. The quantitative estimate of drug-likeness (QED) is 0.0192. The van der Waals surface area contributed by atoms with Crippen molar-refractivity contribution in [3.05, 3.63) is 142 Å². The molecule has 64 heavy (non-hydrogen) atoms. The summed E-state index contributed by atoms with van der Waals surface area (Å²) >= 11 is 7.72. The number of thioether (sulfide) groups is 1. The van der Waals surface area contributed by atoms with Crippen LogP contribution in [-0.4, -0.2) is 105 Å². The summed E-state index contributed by atoms with van der Waals surface area (Å²) in [6, 6.07) is 33.0. The highest BCUT2D eigenvalue weighted by Crippen LogP contribution is 2.33. The van der Waals surface area contributed by atoms with Gasteiger partial charge in [-0.2, -0.15) is 0 Å². The monoisotopic (exact) mass is 928 g/mol.